The van der Waals surface area contributed by atoms with Crippen molar-refractivity contribution in [3.05, 3.63) is 29.8 Å². The van der Waals surface area contributed by atoms with Crippen LogP contribution in [0.3, 0.4) is 0 Å². The van der Waals surface area contributed by atoms with Gasteiger partial charge in [-0.2, -0.15) is 9.34 Å². The van der Waals surface area contributed by atoms with Crippen LogP contribution in [0.25, 0.3) is 0 Å². The maximum atomic E-state index is 13.8. The number of para-hydroxylation sites is 1. The molecule has 1 heterocycles. The van der Waals surface area contributed by atoms with Gasteiger partial charge in [0.2, 0.25) is 5.85 Å². The van der Waals surface area contributed by atoms with Gasteiger partial charge in [0.25, 0.3) is 0 Å². The van der Waals surface area contributed by atoms with Crippen LogP contribution >= 0.6 is 7.79 Å². The molecule has 0 spiro atoms. The van der Waals surface area contributed by atoms with E-state index in [1.54, 1.807) is 19.2 Å². The predicted octanol–water partition coefficient (Wildman–Crippen LogP) is 2.00. The maximum absolute atomic E-state index is 13.8. The summed E-state index contributed by atoms with van der Waals surface area (Å²) in [5.74, 6) is -0.467. The Morgan fingerprint density at radius 2 is 1.73 bits per heavy atom. The molecule has 1 aliphatic carbocycles. The van der Waals surface area contributed by atoms with Crippen LogP contribution in [-0.4, -0.2) is 47.7 Å². The molecular weight excluding hydrogens is 299 g/mol. The topological polar surface area (TPSA) is 59.0 Å². The van der Waals surface area contributed by atoms with Crippen LogP contribution < -0.4 is 9.63 Å². The Morgan fingerprint density at radius 3 is 2.27 bits per heavy atom. The Kier molecular flexibility index (Phi) is 4.45. The fourth-order valence-electron chi connectivity index (χ4n) is 4.02. The summed E-state index contributed by atoms with van der Waals surface area (Å²) in [6.45, 7) is 0. The lowest BCUT2D eigenvalue weighted by Gasteiger charge is -2.41. The molecule has 1 unspecified atom stereocenters. The van der Waals surface area contributed by atoms with Gasteiger partial charge in [-0.15, -0.1) is 0 Å². The third kappa shape index (κ3) is 2.27. The van der Waals surface area contributed by atoms with E-state index in [-0.39, 0.29) is 12.1 Å². The number of likely N-dealkylation sites (N-methyl/N-ethyl adjacent to an activating group) is 2. The second kappa shape index (κ2) is 6.06. The smallest absolute Gasteiger partial charge is 0.221 e. The molecule has 5 nitrogen and oxygen atoms in total. The number of ether oxygens (including phenoxy) is 1. The summed E-state index contributed by atoms with van der Waals surface area (Å²) in [4.78, 5) is 13.8. The van der Waals surface area contributed by atoms with Crippen molar-refractivity contribution in [1.82, 2.24) is 9.34 Å². The van der Waals surface area contributed by atoms with Crippen LogP contribution in [0.15, 0.2) is 24.3 Å². The first-order valence-corrected chi connectivity index (χ1v) is 9.57. The van der Waals surface area contributed by atoms with E-state index in [1.807, 2.05) is 35.6 Å². The van der Waals surface area contributed by atoms with Crippen LogP contribution in [0.4, 0.5) is 0 Å². The van der Waals surface area contributed by atoms with Gasteiger partial charge in [0, 0.05) is 14.1 Å². The monoisotopic (exact) mass is 324 g/mol. The number of benzene rings is 1. The summed E-state index contributed by atoms with van der Waals surface area (Å²) in [5.41, 5.74) is 0.602. The third-order valence-electron chi connectivity index (χ3n) is 5.29. The lowest BCUT2D eigenvalue weighted by atomic mass is 9.91. The number of nitrogens with zero attached hydrogens (tertiary/aromatic N) is 2. The highest BCUT2D eigenvalue weighted by molar-refractivity contribution is 7.64. The number of aliphatic hydroxyl groups is 1. The van der Waals surface area contributed by atoms with Crippen molar-refractivity contribution >= 4 is 7.79 Å². The van der Waals surface area contributed by atoms with E-state index in [0.717, 1.165) is 12.8 Å². The molecule has 3 rings (SSSR count). The van der Waals surface area contributed by atoms with Crippen molar-refractivity contribution in [2.24, 2.45) is 0 Å². The molecule has 22 heavy (non-hydrogen) atoms. The number of fused-ring (bicyclic) bond motifs is 1. The van der Waals surface area contributed by atoms with Crippen molar-refractivity contribution in [2.45, 2.75) is 43.6 Å². The first-order chi connectivity index (χ1) is 10.5. The fraction of sp³-hybridized carbons (Fsp3) is 0.625. The molecule has 2 fully saturated rings. The Bertz CT molecular complexity index is 524. The number of rotatable bonds is 3. The van der Waals surface area contributed by atoms with E-state index in [1.165, 1.54) is 12.8 Å². The Morgan fingerprint density at radius 1 is 1.18 bits per heavy atom. The zero-order chi connectivity index (χ0) is 15.9. The van der Waals surface area contributed by atoms with Gasteiger partial charge in [-0.05, 0) is 25.0 Å². The standard InChI is InChI=1S/C16H25N2O3P/c1-17-13-9-5-6-10-14(13)18(2)22(17,20)16(19)12-8-4-7-11-15(12)21-3/h4,7-8,11,13-14,16,19H,5-6,9-10H2,1-3H3/t13-,14-,16?/m1/s1. The Labute approximate surface area is 133 Å². The van der Waals surface area contributed by atoms with E-state index >= 15 is 0 Å². The summed E-state index contributed by atoms with van der Waals surface area (Å²) >= 11 is 0. The van der Waals surface area contributed by atoms with Gasteiger partial charge in [0.05, 0.1) is 24.8 Å². The molecule has 3 atom stereocenters. The van der Waals surface area contributed by atoms with E-state index in [0.29, 0.717) is 11.3 Å². The van der Waals surface area contributed by atoms with Crippen LogP contribution in [-0.2, 0) is 0 Å². The van der Waals surface area contributed by atoms with Crippen molar-refractivity contribution in [3.8, 4) is 5.75 Å². The van der Waals surface area contributed by atoms with Crippen molar-refractivity contribution < 1.29 is 14.7 Å². The minimum Gasteiger partial charge on any atom is -0.648 e. The highest BCUT2D eigenvalue weighted by atomic mass is 31.2. The van der Waals surface area contributed by atoms with Crippen molar-refractivity contribution in [3.63, 3.8) is 0 Å². The molecule has 122 valence electrons. The first-order valence-electron chi connectivity index (χ1n) is 7.89. The van der Waals surface area contributed by atoms with E-state index in [2.05, 4.69) is 0 Å². The van der Waals surface area contributed by atoms with Crippen LogP contribution in [0, 0.1) is 0 Å². The maximum Gasteiger partial charge on any atom is 0.221 e. The summed E-state index contributed by atoms with van der Waals surface area (Å²) in [6.07, 6.45) is 4.44. The van der Waals surface area contributed by atoms with Crippen LogP contribution in [0.1, 0.15) is 37.1 Å². The molecule has 0 amide bonds. The molecule has 6 heteroatoms. The fourth-order valence-corrected chi connectivity index (χ4v) is 7.12. The highest BCUT2D eigenvalue weighted by Crippen LogP contribution is 2.72. The summed E-state index contributed by atoms with van der Waals surface area (Å²) in [6, 6.07) is 7.84. The minimum absolute atomic E-state index is 0.272. The molecule has 1 saturated carbocycles. The van der Waals surface area contributed by atoms with Gasteiger partial charge in [0.1, 0.15) is 13.5 Å². The highest BCUT2D eigenvalue weighted by Gasteiger charge is 2.59. The molecule has 1 N–H and O–H groups in total. The molecule has 1 aromatic rings. The summed E-state index contributed by atoms with van der Waals surface area (Å²) in [7, 11) is 2.29. The Balaban J connectivity index is 1.98. The average molecular weight is 324 g/mol. The second-order valence-corrected chi connectivity index (χ2v) is 9.20. The van der Waals surface area contributed by atoms with E-state index < -0.39 is 13.6 Å². The van der Waals surface area contributed by atoms with Crippen LogP contribution in [0.5, 0.6) is 5.75 Å². The molecule has 1 aliphatic heterocycles. The van der Waals surface area contributed by atoms with Gasteiger partial charge in [-0.25, -0.2) is 0 Å². The number of aliphatic hydroxyl groups excluding tert-OH is 1. The Hall–Kier alpha value is -0.710. The van der Waals surface area contributed by atoms with Gasteiger partial charge < -0.3 is 14.7 Å². The molecule has 1 saturated heterocycles. The van der Waals surface area contributed by atoms with Gasteiger partial charge >= 0.3 is 0 Å². The van der Waals surface area contributed by atoms with E-state index in [9.17, 15) is 10.00 Å². The quantitative estimate of drug-likeness (QED) is 0.862. The molecule has 0 aromatic heterocycles. The van der Waals surface area contributed by atoms with Crippen molar-refractivity contribution in [2.75, 3.05) is 21.2 Å². The molecule has 1 aromatic carbocycles. The number of hydrogen-bond acceptors (Lipinski definition) is 5. The third-order valence-corrected chi connectivity index (χ3v) is 8.61. The minimum atomic E-state index is -3.07. The zero-order valence-corrected chi connectivity index (χ0v) is 14.4. The first kappa shape index (κ1) is 16.2. The van der Waals surface area contributed by atoms with E-state index in [4.69, 9.17) is 4.74 Å². The van der Waals surface area contributed by atoms with Gasteiger partial charge in [-0.1, -0.05) is 25.0 Å². The number of hydrogen-bond donors (Lipinski definition) is 1. The summed E-state index contributed by atoms with van der Waals surface area (Å²) in [5, 5.41) is 11.0. The zero-order valence-electron chi connectivity index (χ0n) is 13.5. The normalized spacial score (nSPS) is 30.0. The SMILES string of the molecule is COc1ccccc1C(O)[P+]1([O-])N(C)[C@@H]2CCCC[C@H]2N1C. The predicted molar refractivity (Wildman–Crippen MR) is 86.4 cm³/mol. The molecule has 0 radical (unpaired) electrons. The number of methoxy groups -OCH3 is 1. The largest absolute Gasteiger partial charge is 0.648 e. The van der Waals surface area contributed by atoms with Crippen molar-refractivity contribution in [1.29, 1.82) is 0 Å². The summed E-state index contributed by atoms with van der Waals surface area (Å²) < 4.78 is 9.22. The second-order valence-electron chi connectivity index (χ2n) is 6.27. The van der Waals surface area contributed by atoms with Crippen LogP contribution in [0.2, 0.25) is 0 Å². The average Bonchev–Trinajstić information content (AvgIpc) is 2.77. The van der Waals surface area contributed by atoms with Gasteiger partial charge in [-0.3, -0.25) is 0 Å². The molecule has 0 bridgehead atoms. The lowest BCUT2D eigenvalue weighted by molar-refractivity contribution is -0.198. The molecular formula is C16H25N2O3P. The molecule has 2 aliphatic rings. The van der Waals surface area contributed by atoms with Gasteiger partial charge in [0.15, 0.2) is 0 Å². The lowest BCUT2D eigenvalue weighted by Crippen LogP contribution is -2.37.